The van der Waals surface area contributed by atoms with Crippen molar-refractivity contribution in [3.63, 3.8) is 0 Å². The van der Waals surface area contributed by atoms with Crippen molar-refractivity contribution in [3.8, 4) is 0 Å². The van der Waals surface area contributed by atoms with Crippen molar-refractivity contribution in [1.82, 2.24) is 5.32 Å². The summed E-state index contributed by atoms with van der Waals surface area (Å²) in [5.41, 5.74) is 1.36. The average molecular weight is 298 g/mol. The number of nitrogens with one attached hydrogen (secondary N) is 2. The number of benzene rings is 1. The molecule has 4 rings (SSSR count). The molecule has 4 heteroatoms. The first-order valence-electron chi connectivity index (χ1n) is 8.41. The Morgan fingerprint density at radius 3 is 2.59 bits per heavy atom. The minimum Gasteiger partial charge on any atom is -0.349 e. The molecular formula is C18H22N2O2. The third-order valence-electron chi connectivity index (χ3n) is 5.38. The van der Waals surface area contributed by atoms with Gasteiger partial charge in [0.2, 0.25) is 5.91 Å². The maximum absolute atomic E-state index is 12.5. The molecule has 0 radical (unpaired) electrons. The fourth-order valence-corrected chi connectivity index (χ4v) is 4.04. The van der Waals surface area contributed by atoms with E-state index in [-0.39, 0.29) is 17.7 Å². The molecular weight excluding hydrogens is 276 g/mol. The van der Waals surface area contributed by atoms with Crippen LogP contribution in [0.2, 0.25) is 0 Å². The fraction of sp³-hybridized carbons (Fsp3) is 0.556. The molecule has 0 saturated heterocycles. The van der Waals surface area contributed by atoms with Gasteiger partial charge >= 0.3 is 0 Å². The van der Waals surface area contributed by atoms with Gasteiger partial charge in [-0.15, -0.1) is 0 Å². The quantitative estimate of drug-likeness (QED) is 0.898. The average Bonchev–Trinajstić information content (AvgIpc) is 3.08. The highest BCUT2D eigenvalue weighted by atomic mass is 16.2. The van der Waals surface area contributed by atoms with Crippen LogP contribution < -0.4 is 10.6 Å². The summed E-state index contributed by atoms with van der Waals surface area (Å²) in [6, 6.07) is 7.62. The molecule has 2 bridgehead atoms. The Labute approximate surface area is 130 Å². The lowest BCUT2D eigenvalue weighted by atomic mass is 9.88. The Hall–Kier alpha value is -1.84. The van der Waals surface area contributed by atoms with E-state index in [0.29, 0.717) is 17.5 Å². The lowest BCUT2D eigenvalue weighted by Gasteiger charge is -2.20. The third kappa shape index (κ3) is 2.74. The number of carbonyl (C=O) groups excluding carboxylic acids is 2. The molecule has 0 aromatic heterocycles. The van der Waals surface area contributed by atoms with E-state index in [1.54, 1.807) is 12.1 Å². The Morgan fingerprint density at radius 1 is 1.05 bits per heavy atom. The minimum absolute atomic E-state index is 0.0430. The molecule has 2 amide bonds. The predicted molar refractivity (Wildman–Crippen MR) is 84.5 cm³/mol. The molecule has 0 spiro atoms. The Morgan fingerprint density at radius 2 is 1.91 bits per heavy atom. The molecule has 116 valence electrons. The highest BCUT2D eigenvalue weighted by Gasteiger charge is 2.43. The molecule has 3 unspecified atom stereocenters. The highest BCUT2D eigenvalue weighted by Crippen LogP contribution is 2.48. The Bertz CT molecular complexity index is 609. The van der Waals surface area contributed by atoms with E-state index in [2.05, 4.69) is 10.6 Å². The molecule has 3 aliphatic rings. The first-order chi connectivity index (χ1) is 10.7. The van der Waals surface area contributed by atoms with Crippen LogP contribution in [-0.2, 0) is 4.79 Å². The number of anilines is 1. The van der Waals surface area contributed by atoms with E-state index < -0.39 is 0 Å². The van der Waals surface area contributed by atoms with Crippen LogP contribution in [-0.4, -0.2) is 17.9 Å². The van der Waals surface area contributed by atoms with Crippen molar-refractivity contribution in [1.29, 1.82) is 0 Å². The first-order valence-corrected chi connectivity index (χ1v) is 8.41. The SMILES string of the molecule is O=C(NC1CC1)c1cccc(NC(=O)C2CC3CCC2C3)c1. The van der Waals surface area contributed by atoms with Crippen LogP contribution in [0.25, 0.3) is 0 Å². The molecule has 3 fully saturated rings. The van der Waals surface area contributed by atoms with Gasteiger partial charge in [-0.05, 0) is 62.1 Å². The van der Waals surface area contributed by atoms with Crippen LogP contribution in [0, 0.1) is 17.8 Å². The molecule has 22 heavy (non-hydrogen) atoms. The van der Waals surface area contributed by atoms with E-state index in [9.17, 15) is 9.59 Å². The number of fused-ring (bicyclic) bond motifs is 2. The Kier molecular flexibility index (Phi) is 3.40. The number of amides is 2. The molecule has 2 N–H and O–H groups in total. The summed E-state index contributed by atoms with van der Waals surface area (Å²) in [4.78, 5) is 24.5. The molecule has 0 aliphatic heterocycles. The summed E-state index contributed by atoms with van der Waals surface area (Å²) >= 11 is 0. The van der Waals surface area contributed by atoms with Crippen molar-refractivity contribution in [3.05, 3.63) is 29.8 Å². The van der Waals surface area contributed by atoms with Crippen molar-refractivity contribution >= 4 is 17.5 Å². The molecule has 3 atom stereocenters. The van der Waals surface area contributed by atoms with Crippen molar-refractivity contribution < 1.29 is 9.59 Å². The van der Waals surface area contributed by atoms with Crippen molar-refractivity contribution in [2.45, 2.75) is 44.6 Å². The maximum atomic E-state index is 12.5. The normalized spacial score (nSPS) is 29.4. The van der Waals surface area contributed by atoms with Crippen LogP contribution in [0.4, 0.5) is 5.69 Å². The zero-order valence-corrected chi connectivity index (χ0v) is 12.7. The lowest BCUT2D eigenvalue weighted by molar-refractivity contribution is -0.121. The van der Waals surface area contributed by atoms with Crippen molar-refractivity contribution in [2.75, 3.05) is 5.32 Å². The van der Waals surface area contributed by atoms with E-state index in [4.69, 9.17) is 0 Å². The zero-order chi connectivity index (χ0) is 15.1. The van der Waals surface area contributed by atoms with Gasteiger partial charge in [0.1, 0.15) is 0 Å². The predicted octanol–water partition coefficient (Wildman–Crippen LogP) is 2.95. The van der Waals surface area contributed by atoms with Crippen LogP contribution >= 0.6 is 0 Å². The third-order valence-corrected chi connectivity index (χ3v) is 5.38. The van der Waals surface area contributed by atoms with Gasteiger partial charge in [-0.25, -0.2) is 0 Å². The van der Waals surface area contributed by atoms with Crippen LogP contribution in [0.15, 0.2) is 24.3 Å². The van der Waals surface area contributed by atoms with Crippen LogP contribution in [0.3, 0.4) is 0 Å². The number of hydrogen-bond acceptors (Lipinski definition) is 2. The van der Waals surface area contributed by atoms with E-state index >= 15 is 0 Å². The van der Waals surface area contributed by atoms with Gasteiger partial charge in [-0.1, -0.05) is 12.5 Å². The fourth-order valence-electron chi connectivity index (χ4n) is 4.04. The molecule has 0 heterocycles. The standard InChI is InChI=1S/C18H22N2O2/c21-17(19-14-6-7-14)13-2-1-3-15(10-13)20-18(22)16-9-11-4-5-12(16)8-11/h1-3,10-12,14,16H,4-9H2,(H,19,21)(H,20,22). The molecule has 3 aliphatic carbocycles. The number of hydrogen-bond donors (Lipinski definition) is 2. The van der Waals surface area contributed by atoms with Crippen LogP contribution in [0.5, 0.6) is 0 Å². The van der Waals surface area contributed by atoms with Gasteiger partial charge < -0.3 is 10.6 Å². The summed E-state index contributed by atoms with van der Waals surface area (Å²) < 4.78 is 0. The van der Waals surface area contributed by atoms with E-state index in [1.165, 1.54) is 19.3 Å². The first kappa shape index (κ1) is 13.8. The second-order valence-corrected chi connectivity index (χ2v) is 7.10. The summed E-state index contributed by atoms with van der Waals surface area (Å²) in [5, 5.41) is 5.99. The molecule has 1 aromatic rings. The van der Waals surface area contributed by atoms with Gasteiger partial charge in [-0.3, -0.25) is 9.59 Å². The van der Waals surface area contributed by atoms with Gasteiger partial charge in [0, 0.05) is 23.2 Å². The highest BCUT2D eigenvalue weighted by molar-refractivity contribution is 5.98. The van der Waals surface area contributed by atoms with Gasteiger partial charge in [0.05, 0.1) is 0 Å². The van der Waals surface area contributed by atoms with Gasteiger partial charge in [0.15, 0.2) is 0 Å². The van der Waals surface area contributed by atoms with E-state index in [0.717, 1.165) is 30.9 Å². The second-order valence-electron chi connectivity index (χ2n) is 7.10. The monoisotopic (exact) mass is 298 g/mol. The molecule has 4 nitrogen and oxygen atoms in total. The zero-order valence-electron chi connectivity index (χ0n) is 12.7. The lowest BCUT2D eigenvalue weighted by Crippen LogP contribution is -2.28. The summed E-state index contributed by atoms with van der Waals surface area (Å²) in [6.07, 6.45) is 6.91. The second kappa shape index (κ2) is 5.41. The van der Waals surface area contributed by atoms with Gasteiger partial charge in [0.25, 0.3) is 5.91 Å². The summed E-state index contributed by atoms with van der Waals surface area (Å²) in [6.45, 7) is 0. The molecule has 1 aromatic carbocycles. The smallest absolute Gasteiger partial charge is 0.251 e. The molecule has 3 saturated carbocycles. The van der Waals surface area contributed by atoms with E-state index in [1.807, 2.05) is 12.1 Å². The maximum Gasteiger partial charge on any atom is 0.251 e. The van der Waals surface area contributed by atoms with Crippen molar-refractivity contribution in [2.24, 2.45) is 17.8 Å². The number of rotatable bonds is 4. The summed E-state index contributed by atoms with van der Waals surface area (Å²) in [7, 11) is 0. The van der Waals surface area contributed by atoms with Gasteiger partial charge in [-0.2, -0.15) is 0 Å². The summed E-state index contributed by atoms with van der Waals surface area (Å²) in [5.74, 6) is 1.59. The largest absolute Gasteiger partial charge is 0.349 e. The topological polar surface area (TPSA) is 58.2 Å². The van der Waals surface area contributed by atoms with Crippen LogP contribution in [0.1, 0.15) is 48.9 Å². The minimum atomic E-state index is -0.0430. The Balaban J connectivity index is 1.41. The number of carbonyl (C=O) groups is 2.